The molecule has 3 rings (SSSR count). The summed E-state index contributed by atoms with van der Waals surface area (Å²) < 4.78 is 0. The molecule has 26 heavy (non-hydrogen) atoms. The molecule has 2 aliphatic heterocycles. The molecule has 0 aromatic heterocycles. The lowest BCUT2D eigenvalue weighted by molar-refractivity contribution is -0.134. The molecule has 2 amide bonds. The first-order chi connectivity index (χ1) is 12.6. The summed E-state index contributed by atoms with van der Waals surface area (Å²) in [6.45, 7) is 6.04. The van der Waals surface area contributed by atoms with Gasteiger partial charge in [0, 0.05) is 25.2 Å². The van der Waals surface area contributed by atoms with Gasteiger partial charge in [0.15, 0.2) is 0 Å². The van der Waals surface area contributed by atoms with Crippen LogP contribution in [0, 0.1) is 0 Å². The van der Waals surface area contributed by atoms with Crippen LogP contribution in [0.2, 0.25) is 0 Å². The van der Waals surface area contributed by atoms with Crippen molar-refractivity contribution in [1.82, 2.24) is 9.80 Å². The standard InChI is InChI=1S/C21H31N3O2/c1-17(24-15-6-7-20(24)25)21(26)22-19-10-8-18(9-11-19)12-16-23-13-4-2-3-5-14-23/h8-11,17H,2-7,12-16H2,1H3,(H,22,26). The molecule has 5 nitrogen and oxygen atoms in total. The van der Waals surface area contributed by atoms with Crippen LogP contribution in [0.25, 0.3) is 0 Å². The first kappa shape index (κ1) is 18.9. The van der Waals surface area contributed by atoms with E-state index in [0.717, 1.165) is 25.1 Å². The molecule has 1 aromatic rings. The fraction of sp³-hybridized carbons (Fsp3) is 0.619. The molecule has 0 aliphatic carbocycles. The minimum atomic E-state index is -0.410. The predicted molar refractivity (Wildman–Crippen MR) is 104 cm³/mol. The monoisotopic (exact) mass is 357 g/mol. The summed E-state index contributed by atoms with van der Waals surface area (Å²) in [7, 11) is 0. The number of benzene rings is 1. The lowest BCUT2D eigenvalue weighted by Gasteiger charge is -2.23. The first-order valence-corrected chi connectivity index (χ1v) is 10.0. The third kappa shape index (κ3) is 5.07. The number of carbonyl (C=O) groups excluding carboxylic acids is 2. The van der Waals surface area contributed by atoms with Gasteiger partial charge in [0.1, 0.15) is 6.04 Å². The van der Waals surface area contributed by atoms with Crippen LogP contribution in [-0.2, 0) is 16.0 Å². The highest BCUT2D eigenvalue weighted by atomic mass is 16.2. The van der Waals surface area contributed by atoms with Gasteiger partial charge in [0.2, 0.25) is 11.8 Å². The Morgan fingerprint density at radius 3 is 2.35 bits per heavy atom. The Morgan fingerprint density at radius 2 is 1.73 bits per heavy atom. The summed E-state index contributed by atoms with van der Waals surface area (Å²) in [6, 6.07) is 7.72. The number of likely N-dealkylation sites (tertiary alicyclic amines) is 2. The van der Waals surface area contributed by atoms with Crippen molar-refractivity contribution in [1.29, 1.82) is 0 Å². The first-order valence-electron chi connectivity index (χ1n) is 10.0. The van der Waals surface area contributed by atoms with Gasteiger partial charge in [-0.15, -0.1) is 0 Å². The van der Waals surface area contributed by atoms with Crippen LogP contribution < -0.4 is 5.32 Å². The molecule has 142 valence electrons. The second-order valence-corrected chi connectivity index (χ2v) is 7.56. The van der Waals surface area contributed by atoms with E-state index in [1.165, 1.54) is 44.3 Å². The fourth-order valence-corrected chi connectivity index (χ4v) is 3.87. The number of hydrogen-bond donors (Lipinski definition) is 1. The van der Waals surface area contributed by atoms with Gasteiger partial charge in [-0.2, -0.15) is 0 Å². The Morgan fingerprint density at radius 1 is 1.04 bits per heavy atom. The Labute approximate surface area is 156 Å². The topological polar surface area (TPSA) is 52.7 Å². The number of anilines is 1. The van der Waals surface area contributed by atoms with E-state index in [4.69, 9.17) is 0 Å². The molecule has 0 bridgehead atoms. The number of rotatable bonds is 6. The number of hydrogen-bond acceptors (Lipinski definition) is 3. The third-order valence-electron chi connectivity index (χ3n) is 5.59. The molecule has 5 heteroatoms. The molecular weight excluding hydrogens is 326 g/mol. The zero-order chi connectivity index (χ0) is 18.4. The van der Waals surface area contributed by atoms with E-state index in [2.05, 4.69) is 22.3 Å². The van der Waals surface area contributed by atoms with Crippen molar-refractivity contribution < 1.29 is 9.59 Å². The van der Waals surface area contributed by atoms with Crippen molar-refractivity contribution in [3.05, 3.63) is 29.8 Å². The smallest absolute Gasteiger partial charge is 0.246 e. The normalized spacial score (nSPS) is 20.0. The van der Waals surface area contributed by atoms with E-state index < -0.39 is 6.04 Å². The SMILES string of the molecule is CC(C(=O)Nc1ccc(CCN2CCCCCC2)cc1)N1CCCC1=O. The van der Waals surface area contributed by atoms with Gasteiger partial charge in [-0.3, -0.25) is 9.59 Å². The molecule has 1 aromatic carbocycles. The lowest BCUT2D eigenvalue weighted by atomic mass is 10.1. The summed E-state index contributed by atoms with van der Waals surface area (Å²) in [6.07, 6.45) is 7.84. The van der Waals surface area contributed by atoms with Crippen LogP contribution in [0.1, 0.15) is 51.0 Å². The zero-order valence-corrected chi connectivity index (χ0v) is 15.9. The van der Waals surface area contributed by atoms with E-state index >= 15 is 0 Å². The van der Waals surface area contributed by atoms with Gasteiger partial charge in [-0.05, 0) is 63.4 Å². The van der Waals surface area contributed by atoms with Crippen LogP contribution in [0.15, 0.2) is 24.3 Å². The quantitative estimate of drug-likeness (QED) is 0.851. The van der Waals surface area contributed by atoms with Crippen LogP contribution in [0.5, 0.6) is 0 Å². The summed E-state index contributed by atoms with van der Waals surface area (Å²) in [4.78, 5) is 28.4. The van der Waals surface area contributed by atoms with Gasteiger partial charge < -0.3 is 15.1 Å². The van der Waals surface area contributed by atoms with E-state index in [9.17, 15) is 9.59 Å². The van der Waals surface area contributed by atoms with Gasteiger partial charge in [0.25, 0.3) is 0 Å². The Balaban J connectivity index is 1.47. The van der Waals surface area contributed by atoms with Crippen molar-refractivity contribution >= 4 is 17.5 Å². The van der Waals surface area contributed by atoms with Crippen molar-refractivity contribution in [3.8, 4) is 0 Å². The largest absolute Gasteiger partial charge is 0.331 e. The Hall–Kier alpha value is -1.88. The number of nitrogens with zero attached hydrogens (tertiary/aromatic N) is 2. The second-order valence-electron chi connectivity index (χ2n) is 7.56. The van der Waals surface area contributed by atoms with E-state index in [1.54, 1.807) is 11.8 Å². The number of amides is 2. The van der Waals surface area contributed by atoms with Gasteiger partial charge in [-0.1, -0.05) is 25.0 Å². The number of carbonyl (C=O) groups is 2. The second kappa shape index (κ2) is 9.17. The minimum Gasteiger partial charge on any atom is -0.331 e. The summed E-state index contributed by atoms with van der Waals surface area (Å²) in [5.74, 6) is -0.0333. The molecule has 0 radical (unpaired) electrons. The molecule has 2 saturated heterocycles. The maximum atomic E-state index is 12.4. The van der Waals surface area contributed by atoms with Crippen molar-refractivity contribution in [3.63, 3.8) is 0 Å². The van der Waals surface area contributed by atoms with Gasteiger partial charge in [-0.25, -0.2) is 0 Å². The zero-order valence-electron chi connectivity index (χ0n) is 15.9. The summed E-state index contributed by atoms with van der Waals surface area (Å²) in [5.41, 5.74) is 2.10. The van der Waals surface area contributed by atoms with Crippen LogP contribution in [0.4, 0.5) is 5.69 Å². The molecule has 1 atom stereocenters. The lowest BCUT2D eigenvalue weighted by Crippen LogP contribution is -2.42. The molecule has 0 spiro atoms. The van der Waals surface area contributed by atoms with Crippen LogP contribution in [0.3, 0.4) is 0 Å². The van der Waals surface area contributed by atoms with E-state index in [1.807, 2.05) is 12.1 Å². The van der Waals surface area contributed by atoms with Gasteiger partial charge in [0.05, 0.1) is 0 Å². The van der Waals surface area contributed by atoms with Crippen molar-refractivity contribution in [2.24, 2.45) is 0 Å². The van der Waals surface area contributed by atoms with Crippen molar-refractivity contribution in [2.75, 3.05) is 31.5 Å². The van der Waals surface area contributed by atoms with Crippen molar-refractivity contribution in [2.45, 2.75) is 57.9 Å². The summed E-state index contributed by atoms with van der Waals surface area (Å²) >= 11 is 0. The van der Waals surface area contributed by atoms with Crippen LogP contribution in [-0.4, -0.2) is 53.8 Å². The average molecular weight is 357 g/mol. The predicted octanol–water partition coefficient (Wildman–Crippen LogP) is 3.05. The maximum absolute atomic E-state index is 12.4. The molecular formula is C21H31N3O2. The Bertz CT molecular complexity index is 606. The van der Waals surface area contributed by atoms with Crippen LogP contribution >= 0.6 is 0 Å². The fourth-order valence-electron chi connectivity index (χ4n) is 3.87. The molecule has 2 fully saturated rings. The third-order valence-corrected chi connectivity index (χ3v) is 5.59. The molecule has 0 saturated carbocycles. The summed E-state index contributed by atoms with van der Waals surface area (Å²) in [5, 5.41) is 2.94. The van der Waals surface area contributed by atoms with E-state index in [-0.39, 0.29) is 11.8 Å². The number of nitrogens with one attached hydrogen (secondary N) is 1. The molecule has 1 N–H and O–H groups in total. The van der Waals surface area contributed by atoms with E-state index in [0.29, 0.717) is 13.0 Å². The molecule has 1 unspecified atom stereocenters. The maximum Gasteiger partial charge on any atom is 0.246 e. The Kier molecular flexibility index (Phi) is 6.67. The minimum absolute atomic E-state index is 0.0801. The highest BCUT2D eigenvalue weighted by Gasteiger charge is 2.29. The molecule has 2 heterocycles. The highest BCUT2D eigenvalue weighted by Crippen LogP contribution is 2.16. The highest BCUT2D eigenvalue weighted by molar-refractivity contribution is 5.97. The van der Waals surface area contributed by atoms with Gasteiger partial charge >= 0.3 is 0 Å². The molecule has 2 aliphatic rings. The average Bonchev–Trinajstić information content (AvgIpc) is 2.91.